The minimum Gasteiger partial charge on any atom is -0.394 e. The molecule has 79 heavy (non-hydrogen) atoms. The van der Waals surface area contributed by atoms with Crippen LogP contribution >= 0.6 is 0 Å². The van der Waals surface area contributed by atoms with Gasteiger partial charge in [0.2, 0.25) is 5.91 Å². The molecule has 2 aliphatic heterocycles. The first-order valence-electron chi connectivity index (χ1n) is 31.3. The fraction of sp³-hybridized carbons (Fsp3) is 0.769. The van der Waals surface area contributed by atoms with Crippen molar-refractivity contribution in [2.45, 2.75) is 299 Å². The summed E-state index contributed by atoms with van der Waals surface area (Å²) in [4.78, 5) is 13.1. The molecule has 0 spiro atoms. The molecule has 14 heteroatoms. The molecule has 2 rings (SSSR count). The third kappa shape index (κ3) is 35.0. The van der Waals surface area contributed by atoms with E-state index in [2.05, 4.69) is 92.1 Å². The summed E-state index contributed by atoms with van der Waals surface area (Å²) in [5, 5.41) is 86.2. The Morgan fingerprint density at radius 1 is 0.468 bits per heavy atom. The highest BCUT2D eigenvalue weighted by molar-refractivity contribution is 5.76. The molecule has 9 N–H and O–H groups in total. The van der Waals surface area contributed by atoms with Gasteiger partial charge in [-0.15, -0.1) is 0 Å². The average molecular weight is 1120 g/mol. The van der Waals surface area contributed by atoms with E-state index in [1.165, 1.54) is 122 Å². The van der Waals surface area contributed by atoms with Crippen molar-refractivity contribution in [3.8, 4) is 0 Å². The lowest BCUT2D eigenvalue weighted by molar-refractivity contribution is -0.359. The molecular weight excluding hydrogens is 1000 g/mol. The van der Waals surface area contributed by atoms with E-state index in [-0.39, 0.29) is 18.9 Å². The molecule has 12 atom stereocenters. The van der Waals surface area contributed by atoms with E-state index in [1.54, 1.807) is 6.08 Å². The average Bonchev–Trinajstić information content (AvgIpc) is 3.45. The number of unbranched alkanes of at least 4 members (excludes halogenated alkanes) is 24. The molecule has 14 nitrogen and oxygen atoms in total. The third-order valence-electron chi connectivity index (χ3n) is 14.8. The summed E-state index contributed by atoms with van der Waals surface area (Å²) in [7, 11) is 0. The van der Waals surface area contributed by atoms with Crippen LogP contribution in [0.25, 0.3) is 0 Å². The van der Waals surface area contributed by atoms with Gasteiger partial charge in [0.05, 0.1) is 32.0 Å². The van der Waals surface area contributed by atoms with Crippen LogP contribution in [0.1, 0.15) is 226 Å². The first kappa shape index (κ1) is 72.3. The van der Waals surface area contributed by atoms with E-state index in [0.29, 0.717) is 6.42 Å². The number of hydrogen-bond donors (Lipinski definition) is 9. The normalized spacial score (nSPS) is 25.0. The predicted molar refractivity (Wildman–Crippen MR) is 318 cm³/mol. The maximum absolute atomic E-state index is 13.1. The van der Waals surface area contributed by atoms with Crippen molar-refractivity contribution < 1.29 is 64.6 Å². The summed E-state index contributed by atoms with van der Waals surface area (Å²) in [5.41, 5.74) is 0. The highest BCUT2D eigenvalue weighted by Crippen LogP contribution is 2.30. The van der Waals surface area contributed by atoms with Gasteiger partial charge >= 0.3 is 0 Å². The van der Waals surface area contributed by atoms with Gasteiger partial charge in [-0.3, -0.25) is 4.79 Å². The second-order valence-corrected chi connectivity index (χ2v) is 21.8. The van der Waals surface area contributed by atoms with Crippen LogP contribution < -0.4 is 5.32 Å². The number of hydrogen-bond acceptors (Lipinski definition) is 13. The number of nitrogens with one attached hydrogen (secondary N) is 1. The van der Waals surface area contributed by atoms with Crippen molar-refractivity contribution in [2.24, 2.45) is 0 Å². The van der Waals surface area contributed by atoms with E-state index < -0.39 is 86.8 Å². The lowest BCUT2D eigenvalue weighted by Crippen LogP contribution is -2.65. The second-order valence-electron chi connectivity index (χ2n) is 21.8. The first-order valence-corrected chi connectivity index (χ1v) is 31.3. The maximum Gasteiger partial charge on any atom is 0.220 e. The molecule has 1 amide bonds. The van der Waals surface area contributed by atoms with Gasteiger partial charge in [-0.05, 0) is 64.2 Å². The lowest BCUT2D eigenvalue weighted by atomic mass is 9.97. The van der Waals surface area contributed by atoms with E-state index in [0.717, 1.165) is 77.0 Å². The highest BCUT2D eigenvalue weighted by Gasteiger charge is 2.51. The van der Waals surface area contributed by atoms with Gasteiger partial charge in [0.15, 0.2) is 12.6 Å². The Hall–Kier alpha value is -2.83. The molecule has 456 valence electrons. The van der Waals surface area contributed by atoms with Crippen molar-refractivity contribution >= 4 is 5.91 Å². The standard InChI is InChI=1S/C65H113NO13/c1-3-5-7-9-10-11-12-13-14-15-16-17-18-19-20-21-22-23-24-25-26-27-28-29-30-31-32-33-34-35-36-37-38-39-40-41-42-43-44-45-47-49-57(70)66-53(54(69)48-46-8-6-4-2)52-76-64-62(75)60(73)63(56(51-68)78-64)79-65-61(74)59(72)58(71)55(50-67)77-65/h5,7,10-11,13-14,16-17,19-20,22-23,46,48,53-56,58-65,67-69,71-75H,3-4,6,8-9,12,15,18,21,24-45,47,49-52H2,1-2H3,(H,66,70)/b7-5-,11-10-,14-13-,17-16-,20-19-,23-22-,48-46+. The number of aliphatic hydroxyl groups excluding tert-OH is 8. The molecule has 2 heterocycles. The van der Waals surface area contributed by atoms with Crippen molar-refractivity contribution in [3.05, 3.63) is 85.1 Å². The summed E-state index contributed by atoms with van der Waals surface area (Å²) in [5.74, 6) is -0.248. The predicted octanol–water partition coefficient (Wildman–Crippen LogP) is 11.3. The number of ether oxygens (including phenoxy) is 4. The summed E-state index contributed by atoms with van der Waals surface area (Å²) < 4.78 is 22.6. The molecular formula is C65H113NO13. The molecule has 0 aromatic rings. The lowest BCUT2D eigenvalue weighted by Gasteiger charge is -2.46. The van der Waals surface area contributed by atoms with Crippen LogP contribution in [-0.4, -0.2) is 140 Å². The Labute approximate surface area is 478 Å². The number of allylic oxidation sites excluding steroid dienone is 13. The van der Waals surface area contributed by atoms with Gasteiger partial charge in [-0.2, -0.15) is 0 Å². The molecule has 0 saturated carbocycles. The van der Waals surface area contributed by atoms with Gasteiger partial charge in [0.1, 0.15) is 48.8 Å². The largest absolute Gasteiger partial charge is 0.394 e. The fourth-order valence-corrected chi connectivity index (χ4v) is 9.81. The van der Waals surface area contributed by atoms with Gasteiger partial charge < -0.3 is 65.1 Å². The zero-order valence-electron chi connectivity index (χ0n) is 49.1. The molecule has 12 unspecified atom stereocenters. The van der Waals surface area contributed by atoms with Gasteiger partial charge in [-0.25, -0.2) is 0 Å². The second kappa shape index (κ2) is 49.8. The quantitative estimate of drug-likeness (QED) is 0.0204. The van der Waals surface area contributed by atoms with Crippen molar-refractivity contribution in [3.63, 3.8) is 0 Å². The van der Waals surface area contributed by atoms with Gasteiger partial charge in [0, 0.05) is 6.42 Å². The first-order chi connectivity index (χ1) is 38.6. The van der Waals surface area contributed by atoms with E-state index in [4.69, 9.17) is 18.9 Å². The highest BCUT2D eigenvalue weighted by atomic mass is 16.7. The summed E-state index contributed by atoms with van der Waals surface area (Å²) in [6.45, 7) is 2.51. The van der Waals surface area contributed by atoms with E-state index >= 15 is 0 Å². The van der Waals surface area contributed by atoms with E-state index in [9.17, 15) is 45.6 Å². The van der Waals surface area contributed by atoms with Crippen molar-refractivity contribution in [1.82, 2.24) is 5.32 Å². The van der Waals surface area contributed by atoms with Gasteiger partial charge in [-0.1, -0.05) is 240 Å². The van der Waals surface area contributed by atoms with E-state index in [1.807, 2.05) is 6.08 Å². The van der Waals surface area contributed by atoms with Crippen molar-refractivity contribution in [2.75, 3.05) is 19.8 Å². The van der Waals surface area contributed by atoms with Crippen LogP contribution in [0, 0.1) is 0 Å². The number of amides is 1. The van der Waals surface area contributed by atoms with Crippen LogP contribution in [0.5, 0.6) is 0 Å². The maximum atomic E-state index is 13.1. The minimum absolute atomic E-state index is 0.248. The molecule has 0 aromatic carbocycles. The number of aliphatic hydroxyl groups is 8. The smallest absolute Gasteiger partial charge is 0.220 e. The third-order valence-corrected chi connectivity index (χ3v) is 14.8. The van der Waals surface area contributed by atoms with Gasteiger partial charge in [0.25, 0.3) is 0 Å². The Morgan fingerprint density at radius 2 is 0.873 bits per heavy atom. The summed E-state index contributed by atoms with van der Waals surface area (Å²) >= 11 is 0. The Kier molecular flexibility index (Phi) is 45.5. The Balaban J connectivity index is 1.45. The molecule has 0 bridgehead atoms. The van der Waals surface area contributed by atoms with Crippen molar-refractivity contribution in [1.29, 1.82) is 0 Å². The molecule has 2 aliphatic rings. The molecule has 0 aromatic heterocycles. The summed E-state index contributed by atoms with van der Waals surface area (Å²) in [6.07, 6.45) is 51.9. The topological polar surface area (TPSA) is 228 Å². The minimum atomic E-state index is -1.79. The number of rotatable bonds is 49. The zero-order chi connectivity index (χ0) is 57.4. The Bertz CT molecular complexity index is 1650. The number of carbonyl (C=O) groups is 1. The van der Waals surface area contributed by atoms with Crippen LogP contribution in [0.15, 0.2) is 85.1 Å². The molecule has 2 fully saturated rings. The Morgan fingerprint density at radius 3 is 1.33 bits per heavy atom. The van der Waals surface area contributed by atoms with Crippen LogP contribution in [0.3, 0.4) is 0 Å². The zero-order valence-corrected chi connectivity index (χ0v) is 49.1. The summed E-state index contributed by atoms with van der Waals surface area (Å²) in [6, 6.07) is -0.911. The monoisotopic (exact) mass is 1120 g/mol. The van der Waals surface area contributed by atoms with Crippen LogP contribution in [0.4, 0.5) is 0 Å². The van der Waals surface area contributed by atoms with Crippen LogP contribution in [-0.2, 0) is 23.7 Å². The SMILES string of the molecule is CC/C=C\C/C=C\C/C=C\C/C=C\C/C=C\C/C=C\CCCCCCCCCCCCCCCCCCCCCCCCC(=O)NC(COC1OC(CO)C(OC2OC(CO)C(O)C(O)C2O)C(O)C1O)C(O)/C=C/CCCC. The molecule has 2 saturated heterocycles. The number of carbonyl (C=O) groups excluding carboxylic acids is 1. The van der Waals surface area contributed by atoms with Crippen LogP contribution in [0.2, 0.25) is 0 Å². The molecule has 0 aliphatic carbocycles. The fourth-order valence-electron chi connectivity index (χ4n) is 9.81. The molecule has 0 radical (unpaired) electrons.